The number of aryl methyl sites for hydroxylation is 2. The standard InChI is InChI=1S/C19H18O4/c1-11-3-7-13(8-4-11)19(14-9-5-12(2)6-10-14)15(17(20)21)16(19)18(22)23/h3-10,15-16H,1-2H3,(H,20,21)(H,22,23)/t15-,16-/m1/s1. The van der Waals surface area contributed by atoms with E-state index in [1.807, 2.05) is 62.4 Å². The van der Waals surface area contributed by atoms with Crippen molar-refractivity contribution in [2.75, 3.05) is 0 Å². The topological polar surface area (TPSA) is 74.6 Å². The van der Waals surface area contributed by atoms with E-state index in [1.54, 1.807) is 0 Å². The van der Waals surface area contributed by atoms with Crippen molar-refractivity contribution in [2.45, 2.75) is 19.3 Å². The maximum absolute atomic E-state index is 11.7. The third kappa shape index (κ3) is 2.22. The van der Waals surface area contributed by atoms with Crippen molar-refractivity contribution in [3.63, 3.8) is 0 Å². The predicted octanol–water partition coefficient (Wildman–Crippen LogP) is 3.00. The van der Waals surface area contributed by atoms with Crippen molar-refractivity contribution in [1.82, 2.24) is 0 Å². The number of hydrogen-bond donors (Lipinski definition) is 2. The Balaban J connectivity index is 2.22. The minimum Gasteiger partial charge on any atom is -0.481 e. The number of aliphatic carboxylic acids is 2. The molecule has 118 valence electrons. The van der Waals surface area contributed by atoms with Gasteiger partial charge in [-0.2, -0.15) is 0 Å². The van der Waals surface area contributed by atoms with Crippen molar-refractivity contribution in [3.8, 4) is 0 Å². The Kier molecular flexibility index (Phi) is 3.48. The third-order valence-corrected chi connectivity index (χ3v) is 4.80. The summed E-state index contributed by atoms with van der Waals surface area (Å²) in [5.41, 5.74) is 2.58. The van der Waals surface area contributed by atoms with E-state index in [1.165, 1.54) is 0 Å². The van der Waals surface area contributed by atoms with Gasteiger partial charge < -0.3 is 10.2 Å². The van der Waals surface area contributed by atoms with Crippen LogP contribution < -0.4 is 0 Å². The first-order valence-corrected chi connectivity index (χ1v) is 7.49. The molecular formula is C19H18O4. The van der Waals surface area contributed by atoms with Crippen LogP contribution in [0.4, 0.5) is 0 Å². The molecule has 0 unspecified atom stereocenters. The highest BCUT2D eigenvalue weighted by Crippen LogP contribution is 2.64. The zero-order valence-electron chi connectivity index (χ0n) is 13.0. The fourth-order valence-corrected chi connectivity index (χ4v) is 3.61. The summed E-state index contributed by atoms with van der Waals surface area (Å²) in [6, 6.07) is 14.9. The van der Waals surface area contributed by atoms with Crippen LogP contribution in [-0.2, 0) is 15.0 Å². The summed E-state index contributed by atoms with van der Waals surface area (Å²) in [6.07, 6.45) is 0. The van der Waals surface area contributed by atoms with Crippen LogP contribution in [0.2, 0.25) is 0 Å². The molecule has 1 saturated carbocycles. The number of benzene rings is 2. The number of carbonyl (C=O) groups is 2. The Morgan fingerprint density at radius 2 is 1.04 bits per heavy atom. The Hall–Kier alpha value is -2.62. The van der Waals surface area contributed by atoms with Crippen LogP contribution in [0, 0.1) is 25.7 Å². The van der Waals surface area contributed by atoms with E-state index < -0.39 is 29.2 Å². The number of hydrogen-bond acceptors (Lipinski definition) is 2. The second-order valence-electron chi connectivity index (χ2n) is 6.23. The van der Waals surface area contributed by atoms with Gasteiger partial charge in [0.15, 0.2) is 0 Å². The van der Waals surface area contributed by atoms with Crippen molar-refractivity contribution in [1.29, 1.82) is 0 Å². The van der Waals surface area contributed by atoms with Crippen molar-refractivity contribution >= 4 is 11.9 Å². The summed E-state index contributed by atoms with van der Waals surface area (Å²) in [6.45, 7) is 3.89. The lowest BCUT2D eigenvalue weighted by molar-refractivity contribution is -0.144. The van der Waals surface area contributed by atoms with E-state index in [4.69, 9.17) is 0 Å². The zero-order chi connectivity index (χ0) is 16.8. The van der Waals surface area contributed by atoms with Crippen LogP contribution in [0.3, 0.4) is 0 Å². The van der Waals surface area contributed by atoms with E-state index >= 15 is 0 Å². The highest BCUT2D eigenvalue weighted by atomic mass is 16.4. The Morgan fingerprint density at radius 1 is 0.739 bits per heavy atom. The SMILES string of the molecule is Cc1ccc(C2(c3ccc(C)cc3)[C@@H](C(=O)O)[C@@H]2C(=O)O)cc1. The molecule has 2 aromatic rings. The molecular weight excluding hydrogens is 292 g/mol. The van der Waals surface area contributed by atoms with Crippen molar-refractivity contribution in [2.24, 2.45) is 11.8 Å². The van der Waals surface area contributed by atoms with Gasteiger partial charge in [0.1, 0.15) is 0 Å². The summed E-state index contributed by atoms with van der Waals surface area (Å²) in [5, 5.41) is 19.2. The number of carboxylic acids is 2. The molecule has 0 amide bonds. The van der Waals surface area contributed by atoms with Gasteiger partial charge in [-0.3, -0.25) is 9.59 Å². The van der Waals surface area contributed by atoms with Crippen LogP contribution in [-0.4, -0.2) is 22.2 Å². The van der Waals surface area contributed by atoms with Gasteiger partial charge >= 0.3 is 11.9 Å². The summed E-state index contributed by atoms with van der Waals surface area (Å²) >= 11 is 0. The molecule has 2 atom stereocenters. The third-order valence-electron chi connectivity index (χ3n) is 4.80. The lowest BCUT2D eigenvalue weighted by Gasteiger charge is -2.19. The molecule has 4 nitrogen and oxygen atoms in total. The molecule has 0 heterocycles. The smallest absolute Gasteiger partial charge is 0.308 e. The van der Waals surface area contributed by atoms with Gasteiger partial charge in [0.05, 0.1) is 11.8 Å². The lowest BCUT2D eigenvalue weighted by Crippen LogP contribution is -2.19. The normalized spacial score (nSPS) is 21.7. The van der Waals surface area contributed by atoms with E-state index in [9.17, 15) is 19.8 Å². The average molecular weight is 310 g/mol. The van der Waals surface area contributed by atoms with Crippen LogP contribution >= 0.6 is 0 Å². The highest BCUT2D eigenvalue weighted by Gasteiger charge is 2.73. The molecule has 0 bridgehead atoms. The second kappa shape index (κ2) is 5.23. The second-order valence-corrected chi connectivity index (χ2v) is 6.23. The molecule has 2 N–H and O–H groups in total. The molecule has 3 rings (SSSR count). The van der Waals surface area contributed by atoms with E-state index in [0.29, 0.717) is 0 Å². The molecule has 2 aromatic carbocycles. The molecule has 0 spiro atoms. The van der Waals surface area contributed by atoms with Crippen LogP contribution in [0.5, 0.6) is 0 Å². The summed E-state index contributed by atoms with van der Waals surface area (Å²) in [4.78, 5) is 23.4. The fourth-order valence-electron chi connectivity index (χ4n) is 3.61. The van der Waals surface area contributed by atoms with Gasteiger partial charge in [-0.1, -0.05) is 59.7 Å². The molecule has 0 aliphatic heterocycles. The summed E-state index contributed by atoms with van der Waals surface area (Å²) in [7, 11) is 0. The number of carboxylic acid groups (broad SMARTS) is 2. The molecule has 4 heteroatoms. The Morgan fingerprint density at radius 3 is 1.30 bits per heavy atom. The molecule has 0 radical (unpaired) electrons. The van der Waals surface area contributed by atoms with Gasteiger partial charge in [0.25, 0.3) is 0 Å². The summed E-state index contributed by atoms with van der Waals surface area (Å²) < 4.78 is 0. The molecule has 0 saturated heterocycles. The largest absolute Gasteiger partial charge is 0.481 e. The first-order valence-electron chi connectivity index (χ1n) is 7.49. The van der Waals surface area contributed by atoms with E-state index in [0.717, 1.165) is 22.3 Å². The maximum atomic E-state index is 11.7. The van der Waals surface area contributed by atoms with E-state index in [2.05, 4.69) is 0 Å². The molecule has 1 fully saturated rings. The van der Waals surface area contributed by atoms with Crippen LogP contribution in [0.25, 0.3) is 0 Å². The van der Waals surface area contributed by atoms with Gasteiger partial charge in [-0.25, -0.2) is 0 Å². The Labute approximate surface area is 134 Å². The molecule has 1 aliphatic carbocycles. The Bertz CT molecular complexity index is 691. The maximum Gasteiger partial charge on any atom is 0.308 e. The molecule has 23 heavy (non-hydrogen) atoms. The van der Waals surface area contributed by atoms with Gasteiger partial charge in [-0.15, -0.1) is 0 Å². The first-order chi connectivity index (χ1) is 10.9. The minimum atomic E-state index is -1.07. The minimum absolute atomic E-state index is 0.742. The van der Waals surface area contributed by atoms with Crippen LogP contribution in [0.15, 0.2) is 48.5 Å². The van der Waals surface area contributed by atoms with Gasteiger partial charge in [0, 0.05) is 5.41 Å². The summed E-state index contributed by atoms with van der Waals surface area (Å²) in [5.74, 6) is -4.05. The molecule has 1 aliphatic rings. The molecule has 0 aromatic heterocycles. The van der Waals surface area contributed by atoms with Crippen molar-refractivity contribution < 1.29 is 19.8 Å². The zero-order valence-corrected chi connectivity index (χ0v) is 13.0. The fraction of sp³-hybridized carbons (Fsp3) is 0.263. The van der Waals surface area contributed by atoms with Gasteiger partial charge in [0.2, 0.25) is 0 Å². The van der Waals surface area contributed by atoms with Gasteiger partial charge in [-0.05, 0) is 25.0 Å². The average Bonchev–Trinajstić information content (AvgIpc) is 3.20. The number of rotatable bonds is 4. The predicted molar refractivity (Wildman–Crippen MR) is 85.4 cm³/mol. The monoisotopic (exact) mass is 310 g/mol. The van der Waals surface area contributed by atoms with E-state index in [-0.39, 0.29) is 0 Å². The van der Waals surface area contributed by atoms with Crippen molar-refractivity contribution in [3.05, 3.63) is 70.8 Å². The quantitative estimate of drug-likeness (QED) is 0.910. The first kappa shape index (κ1) is 15.3. The van der Waals surface area contributed by atoms with Crippen LogP contribution in [0.1, 0.15) is 22.3 Å². The highest BCUT2D eigenvalue weighted by molar-refractivity contribution is 5.92. The lowest BCUT2D eigenvalue weighted by atomic mass is 9.83.